The molecule has 0 saturated heterocycles. The van der Waals surface area contributed by atoms with Crippen molar-refractivity contribution in [3.8, 4) is 11.8 Å². The molecule has 140 valence electrons. The van der Waals surface area contributed by atoms with Crippen LogP contribution < -0.4 is 10.1 Å². The molecule has 5 nitrogen and oxygen atoms in total. The molecule has 1 N–H and O–H groups in total. The van der Waals surface area contributed by atoms with Crippen LogP contribution in [0.3, 0.4) is 0 Å². The Hall–Kier alpha value is -3.50. The van der Waals surface area contributed by atoms with Gasteiger partial charge in [-0.2, -0.15) is 5.26 Å². The number of hydrogen-bond donors (Lipinski definition) is 1. The van der Waals surface area contributed by atoms with Gasteiger partial charge in [0.05, 0.1) is 7.11 Å². The Morgan fingerprint density at radius 1 is 1.25 bits per heavy atom. The van der Waals surface area contributed by atoms with Crippen molar-refractivity contribution in [1.29, 1.82) is 5.26 Å². The van der Waals surface area contributed by atoms with Gasteiger partial charge in [0.25, 0.3) is 5.91 Å². The second-order valence-corrected chi connectivity index (χ2v) is 6.95. The van der Waals surface area contributed by atoms with Crippen molar-refractivity contribution in [1.82, 2.24) is 4.98 Å². The molecule has 0 aliphatic rings. The number of hydrogen-bond acceptors (Lipinski definition) is 5. The number of carbonyl (C=O) groups excluding carboxylic acids is 1. The number of amides is 1. The lowest BCUT2D eigenvalue weighted by Gasteiger charge is -2.02. The van der Waals surface area contributed by atoms with E-state index in [9.17, 15) is 14.4 Å². The van der Waals surface area contributed by atoms with E-state index in [2.05, 4.69) is 10.3 Å². The fourth-order valence-corrected chi connectivity index (χ4v) is 3.27. The summed E-state index contributed by atoms with van der Waals surface area (Å²) in [6.45, 7) is 0. The average Bonchev–Trinajstić information content (AvgIpc) is 3.15. The van der Waals surface area contributed by atoms with Crippen LogP contribution in [-0.4, -0.2) is 18.0 Å². The number of halogens is 1. The first-order valence-electron chi connectivity index (χ1n) is 8.34. The van der Waals surface area contributed by atoms with Gasteiger partial charge in [-0.15, -0.1) is 11.3 Å². The predicted molar refractivity (Wildman–Crippen MR) is 107 cm³/mol. The first-order chi connectivity index (χ1) is 13.6. The van der Waals surface area contributed by atoms with Gasteiger partial charge in [-0.25, -0.2) is 9.37 Å². The summed E-state index contributed by atoms with van der Waals surface area (Å²) in [7, 11) is 1.57. The molecule has 0 unspecified atom stereocenters. The smallest absolute Gasteiger partial charge is 0.268 e. The van der Waals surface area contributed by atoms with Crippen LogP contribution in [0.1, 0.15) is 16.0 Å². The maximum absolute atomic E-state index is 13.0. The summed E-state index contributed by atoms with van der Waals surface area (Å²) >= 11 is 1.31. The van der Waals surface area contributed by atoms with Crippen molar-refractivity contribution in [3.63, 3.8) is 0 Å². The van der Waals surface area contributed by atoms with Crippen molar-refractivity contribution < 1.29 is 13.9 Å². The minimum absolute atomic E-state index is 0.0274. The Morgan fingerprint density at radius 3 is 2.61 bits per heavy atom. The number of thiazole rings is 1. The number of rotatable bonds is 6. The highest BCUT2D eigenvalue weighted by Crippen LogP contribution is 2.22. The van der Waals surface area contributed by atoms with E-state index in [-0.39, 0.29) is 11.4 Å². The average molecular weight is 393 g/mol. The first-order valence-corrected chi connectivity index (χ1v) is 9.15. The highest BCUT2D eigenvalue weighted by molar-refractivity contribution is 7.15. The van der Waals surface area contributed by atoms with Gasteiger partial charge < -0.3 is 4.74 Å². The van der Waals surface area contributed by atoms with E-state index < -0.39 is 5.91 Å². The molecule has 3 aromatic rings. The molecule has 1 aromatic heterocycles. The van der Waals surface area contributed by atoms with Crippen LogP contribution >= 0.6 is 11.3 Å². The van der Waals surface area contributed by atoms with Gasteiger partial charge in [-0.1, -0.05) is 24.3 Å². The van der Waals surface area contributed by atoms with Gasteiger partial charge in [0, 0.05) is 17.5 Å². The molecule has 0 atom stereocenters. The summed E-state index contributed by atoms with van der Waals surface area (Å²) in [5.41, 5.74) is 1.63. The quantitative estimate of drug-likeness (QED) is 0.497. The van der Waals surface area contributed by atoms with Gasteiger partial charge in [0.2, 0.25) is 0 Å². The van der Waals surface area contributed by atoms with Crippen LogP contribution in [0.5, 0.6) is 5.75 Å². The van der Waals surface area contributed by atoms with Crippen LogP contribution in [0.15, 0.2) is 60.3 Å². The van der Waals surface area contributed by atoms with E-state index in [1.165, 1.54) is 29.5 Å². The van der Waals surface area contributed by atoms with Crippen LogP contribution in [0.25, 0.3) is 6.08 Å². The number of ether oxygens (including phenoxy) is 1. The molecule has 0 bridgehead atoms. The van der Waals surface area contributed by atoms with Crippen LogP contribution in [-0.2, 0) is 11.2 Å². The topological polar surface area (TPSA) is 75.0 Å². The summed E-state index contributed by atoms with van der Waals surface area (Å²) in [6.07, 6.45) is 3.74. The molecule has 28 heavy (non-hydrogen) atoms. The Morgan fingerprint density at radius 2 is 1.96 bits per heavy atom. The molecule has 0 saturated carbocycles. The van der Waals surface area contributed by atoms with E-state index in [4.69, 9.17) is 4.74 Å². The van der Waals surface area contributed by atoms with Crippen molar-refractivity contribution in [3.05, 3.63) is 82.1 Å². The molecule has 1 heterocycles. The Bertz CT molecular complexity index is 1030. The van der Waals surface area contributed by atoms with Gasteiger partial charge in [0.1, 0.15) is 23.2 Å². The zero-order chi connectivity index (χ0) is 19.9. The zero-order valence-corrected chi connectivity index (χ0v) is 15.8. The van der Waals surface area contributed by atoms with E-state index >= 15 is 0 Å². The maximum atomic E-state index is 13.0. The molecular weight excluding hydrogens is 377 g/mol. The minimum Gasteiger partial charge on any atom is -0.497 e. The highest BCUT2D eigenvalue weighted by atomic mass is 32.1. The molecule has 0 aliphatic heterocycles. The Kier molecular flexibility index (Phi) is 6.14. The lowest BCUT2D eigenvalue weighted by Crippen LogP contribution is -2.13. The van der Waals surface area contributed by atoms with Gasteiger partial charge in [-0.3, -0.25) is 10.1 Å². The van der Waals surface area contributed by atoms with Crippen molar-refractivity contribution in [2.75, 3.05) is 12.4 Å². The molecular formula is C21H16FN3O2S. The zero-order valence-electron chi connectivity index (χ0n) is 15.0. The number of aromatic nitrogens is 1. The molecule has 1 amide bonds. The van der Waals surface area contributed by atoms with Crippen LogP contribution in [0, 0.1) is 17.1 Å². The Balaban J connectivity index is 1.67. The summed E-state index contributed by atoms with van der Waals surface area (Å²) in [5.74, 6) is -0.119. The van der Waals surface area contributed by atoms with Crippen LogP contribution in [0.4, 0.5) is 9.52 Å². The number of nitriles is 1. The third-order valence-electron chi connectivity index (χ3n) is 3.86. The van der Waals surface area contributed by atoms with Crippen LogP contribution in [0.2, 0.25) is 0 Å². The SMILES string of the molecule is COc1ccc(/C=C(\C#N)C(=O)Nc2ncc(Cc3ccc(F)cc3)s2)cc1. The molecule has 2 aromatic carbocycles. The fraction of sp³-hybridized carbons (Fsp3) is 0.0952. The lowest BCUT2D eigenvalue weighted by molar-refractivity contribution is -0.112. The number of carbonyl (C=O) groups is 1. The third kappa shape index (κ3) is 5.02. The van der Waals surface area contributed by atoms with Crippen molar-refractivity contribution in [2.24, 2.45) is 0 Å². The number of nitrogens with zero attached hydrogens (tertiary/aromatic N) is 2. The van der Waals surface area contributed by atoms with E-state index in [1.54, 1.807) is 49.7 Å². The predicted octanol–water partition coefficient (Wildman–Crippen LogP) is 4.43. The summed E-state index contributed by atoms with van der Waals surface area (Å²) < 4.78 is 18.1. The van der Waals surface area contributed by atoms with Crippen molar-refractivity contribution >= 4 is 28.5 Å². The largest absolute Gasteiger partial charge is 0.497 e. The lowest BCUT2D eigenvalue weighted by atomic mass is 10.1. The second-order valence-electron chi connectivity index (χ2n) is 5.83. The van der Waals surface area contributed by atoms with E-state index in [1.807, 2.05) is 6.07 Å². The monoisotopic (exact) mass is 393 g/mol. The fourth-order valence-electron chi connectivity index (χ4n) is 2.43. The van der Waals surface area contributed by atoms with Crippen molar-refractivity contribution in [2.45, 2.75) is 6.42 Å². The van der Waals surface area contributed by atoms with E-state index in [0.717, 1.165) is 10.4 Å². The van der Waals surface area contributed by atoms with Gasteiger partial charge in [-0.05, 0) is 41.5 Å². The maximum Gasteiger partial charge on any atom is 0.268 e. The highest BCUT2D eigenvalue weighted by Gasteiger charge is 2.12. The number of methoxy groups -OCH3 is 1. The van der Waals surface area contributed by atoms with Gasteiger partial charge >= 0.3 is 0 Å². The number of benzene rings is 2. The molecule has 0 radical (unpaired) electrons. The molecule has 0 aliphatic carbocycles. The molecule has 3 rings (SSSR count). The second kappa shape index (κ2) is 8.93. The molecule has 7 heteroatoms. The van der Waals surface area contributed by atoms with Gasteiger partial charge in [0.15, 0.2) is 5.13 Å². The summed E-state index contributed by atoms with van der Waals surface area (Å²) in [4.78, 5) is 17.5. The summed E-state index contributed by atoms with van der Waals surface area (Å²) in [5, 5.41) is 12.4. The first kappa shape index (κ1) is 19.3. The normalized spacial score (nSPS) is 11.0. The standard InChI is InChI=1S/C21H16FN3O2S/c1-27-18-8-4-14(5-9-18)10-16(12-23)20(26)25-21-24-13-19(28-21)11-15-2-6-17(22)7-3-15/h2-10,13H,11H2,1H3,(H,24,25,26)/b16-10+. The molecule has 0 spiro atoms. The third-order valence-corrected chi connectivity index (χ3v) is 4.77. The summed E-state index contributed by atoms with van der Waals surface area (Å²) in [6, 6.07) is 15.2. The Labute approximate surface area is 165 Å². The number of anilines is 1. The number of nitrogens with one attached hydrogen (secondary N) is 1. The minimum atomic E-state index is -0.527. The molecule has 0 fully saturated rings. The van der Waals surface area contributed by atoms with E-state index in [0.29, 0.717) is 22.9 Å².